The lowest BCUT2D eigenvalue weighted by Gasteiger charge is -2.19. The Hall–Kier alpha value is -1.42. The van der Waals surface area contributed by atoms with Crippen LogP contribution in [0.2, 0.25) is 0 Å². The van der Waals surface area contributed by atoms with Gasteiger partial charge in [-0.25, -0.2) is 4.39 Å². The molecule has 3 nitrogen and oxygen atoms in total. The number of likely N-dealkylation sites (tertiary alicyclic amines) is 1. The van der Waals surface area contributed by atoms with E-state index in [0.29, 0.717) is 18.5 Å². The Morgan fingerprint density at radius 1 is 1.53 bits per heavy atom. The first-order valence-corrected chi connectivity index (χ1v) is 5.67. The van der Waals surface area contributed by atoms with Gasteiger partial charge in [-0.1, -0.05) is 12.1 Å². The van der Waals surface area contributed by atoms with E-state index >= 15 is 0 Å². The SMILES string of the molecule is Cc1cccc(C(=O)N2CCC(C)(O)C2)c1F. The molecule has 0 saturated carbocycles. The number of carbonyl (C=O) groups excluding carboxylic acids is 1. The number of benzene rings is 1. The molecule has 1 aromatic carbocycles. The zero-order chi connectivity index (χ0) is 12.6. The molecular weight excluding hydrogens is 221 g/mol. The minimum Gasteiger partial charge on any atom is -0.388 e. The fourth-order valence-electron chi connectivity index (χ4n) is 2.10. The van der Waals surface area contributed by atoms with Crippen LogP contribution in [0.15, 0.2) is 18.2 Å². The molecule has 2 rings (SSSR count). The minimum atomic E-state index is -0.851. The van der Waals surface area contributed by atoms with Gasteiger partial charge >= 0.3 is 0 Å². The summed E-state index contributed by atoms with van der Waals surface area (Å²) in [5, 5.41) is 9.80. The highest BCUT2D eigenvalue weighted by atomic mass is 19.1. The van der Waals surface area contributed by atoms with Crippen molar-refractivity contribution in [1.82, 2.24) is 4.90 Å². The maximum Gasteiger partial charge on any atom is 0.256 e. The molecule has 0 spiro atoms. The average Bonchev–Trinajstić information content (AvgIpc) is 2.62. The maximum atomic E-state index is 13.8. The van der Waals surface area contributed by atoms with Gasteiger partial charge in [0.15, 0.2) is 0 Å². The van der Waals surface area contributed by atoms with Crippen molar-refractivity contribution in [3.63, 3.8) is 0 Å². The van der Waals surface area contributed by atoms with Gasteiger partial charge in [-0.3, -0.25) is 4.79 Å². The van der Waals surface area contributed by atoms with Crippen molar-refractivity contribution in [2.75, 3.05) is 13.1 Å². The molecule has 1 amide bonds. The van der Waals surface area contributed by atoms with Crippen LogP contribution >= 0.6 is 0 Å². The summed E-state index contributed by atoms with van der Waals surface area (Å²) >= 11 is 0. The van der Waals surface area contributed by atoms with Crippen molar-refractivity contribution in [3.8, 4) is 0 Å². The predicted molar refractivity (Wildman–Crippen MR) is 62.3 cm³/mol. The molecule has 0 radical (unpaired) electrons. The average molecular weight is 237 g/mol. The topological polar surface area (TPSA) is 40.5 Å². The van der Waals surface area contributed by atoms with E-state index in [2.05, 4.69) is 0 Å². The molecule has 1 saturated heterocycles. The number of β-amino-alcohol motifs (C(OH)–C–C–N with tert-alkyl or cyclic N) is 1. The van der Waals surface area contributed by atoms with Crippen LogP contribution in [-0.4, -0.2) is 34.6 Å². The molecule has 0 bridgehead atoms. The zero-order valence-electron chi connectivity index (χ0n) is 10.0. The molecule has 1 unspecified atom stereocenters. The van der Waals surface area contributed by atoms with E-state index in [1.807, 2.05) is 0 Å². The van der Waals surface area contributed by atoms with E-state index in [4.69, 9.17) is 0 Å². The second-order valence-corrected chi connectivity index (χ2v) is 4.91. The molecule has 17 heavy (non-hydrogen) atoms. The lowest BCUT2D eigenvalue weighted by atomic mass is 10.1. The van der Waals surface area contributed by atoms with Gasteiger partial charge in [0.2, 0.25) is 0 Å². The summed E-state index contributed by atoms with van der Waals surface area (Å²) in [5.41, 5.74) is -0.305. The van der Waals surface area contributed by atoms with Crippen molar-refractivity contribution in [1.29, 1.82) is 0 Å². The molecule has 92 valence electrons. The molecule has 1 N–H and O–H groups in total. The Balaban J connectivity index is 2.24. The molecule has 1 atom stereocenters. The third kappa shape index (κ3) is 2.31. The highest BCUT2D eigenvalue weighted by Gasteiger charge is 2.35. The highest BCUT2D eigenvalue weighted by Crippen LogP contribution is 2.23. The fraction of sp³-hybridized carbons (Fsp3) is 0.462. The Kier molecular flexibility index (Phi) is 2.91. The third-order valence-corrected chi connectivity index (χ3v) is 3.16. The summed E-state index contributed by atoms with van der Waals surface area (Å²) < 4.78 is 13.8. The molecule has 1 aromatic rings. The summed E-state index contributed by atoms with van der Waals surface area (Å²) in [4.78, 5) is 13.6. The van der Waals surface area contributed by atoms with Crippen LogP contribution in [0, 0.1) is 12.7 Å². The Bertz CT molecular complexity index is 457. The third-order valence-electron chi connectivity index (χ3n) is 3.16. The van der Waals surface area contributed by atoms with Crippen LogP contribution in [0.25, 0.3) is 0 Å². The molecule has 1 aliphatic heterocycles. The van der Waals surface area contributed by atoms with Crippen molar-refractivity contribution in [3.05, 3.63) is 35.1 Å². The minimum absolute atomic E-state index is 0.0858. The fourth-order valence-corrected chi connectivity index (χ4v) is 2.10. The molecule has 1 heterocycles. The summed E-state index contributed by atoms with van der Waals surface area (Å²) in [6.45, 7) is 4.05. The van der Waals surface area contributed by atoms with Crippen LogP contribution in [0.5, 0.6) is 0 Å². The second-order valence-electron chi connectivity index (χ2n) is 4.91. The molecule has 1 aliphatic rings. The van der Waals surface area contributed by atoms with E-state index in [1.54, 1.807) is 26.0 Å². The van der Waals surface area contributed by atoms with Crippen LogP contribution in [0.4, 0.5) is 4.39 Å². The zero-order valence-corrected chi connectivity index (χ0v) is 10.0. The molecule has 4 heteroatoms. The van der Waals surface area contributed by atoms with Gasteiger partial charge < -0.3 is 10.0 Å². The van der Waals surface area contributed by atoms with Crippen molar-refractivity contribution < 1.29 is 14.3 Å². The van der Waals surface area contributed by atoms with Crippen molar-refractivity contribution in [2.24, 2.45) is 0 Å². The number of halogens is 1. The smallest absolute Gasteiger partial charge is 0.256 e. The van der Waals surface area contributed by atoms with Crippen LogP contribution in [-0.2, 0) is 0 Å². The number of nitrogens with zero attached hydrogens (tertiary/aromatic N) is 1. The number of aliphatic hydroxyl groups is 1. The summed E-state index contributed by atoms with van der Waals surface area (Å²) in [7, 11) is 0. The van der Waals surface area contributed by atoms with Crippen molar-refractivity contribution >= 4 is 5.91 Å². The Labute approximate surface area is 99.9 Å². The van der Waals surface area contributed by atoms with Crippen LogP contribution in [0.3, 0.4) is 0 Å². The van der Waals surface area contributed by atoms with E-state index in [0.717, 1.165) is 0 Å². The van der Waals surface area contributed by atoms with Gasteiger partial charge in [-0.05, 0) is 31.9 Å². The number of aryl methyl sites for hydroxylation is 1. The summed E-state index contributed by atoms with van der Waals surface area (Å²) in [6.07, 6.45) is 0.534. The van der Waals surface area contributed by atoms with E-state index < -0.39 is 11.4 Å². The lowest BCUT2D eigenvalue weighted by molar-refractivity contribution is 0.0569. The molecule has 0 aliphatic carbocycles. The van der Waals surface area contributed by atoms with Gasteiger partial charge in [0.05, 0.1) is 11.2 Å². The number of rotatable bonds is 1. The number of amides is 1. The highest BCUT2D eigenvalue weighted by molar-refractivity contribution is 5.95. The first-order chi connectivity index (χ1) is 7.91. The summed E-state index contributed by atoms with van der Waals surface area (Å²) in [6, 6.07) is 4.78. The van der Waals surface area contributed by atoms with Gasteiger partial charge in [-0.15, -0.1) is 0 Å². The first kappa shape index (κ1) is 12.0. The number of carbonyl (C=O) groups is 1. The van der Waals surface area contributed by atoms with Gasteiger partial charge in [-0.2, -0.15) is 0 Å². The van der Waals surface area contributed by atoms with Gasteiger partial charge in [0.1, 0.15) is 5.82 Å². The Morgan fingerprint density at radius 2 is 2.24 bits per heavy atom. The first-order valence-electron chi connectivity index (χ1n) is 5.67. The van der Waals surface area contributed by atoms with Gasteiger partial charge in [0.25, 0.3) is 5.91 Å². The largest absolute Gasteiger partial charge is 0.388 e. The quantitative estimate of drug-likeness (QED) is 0.808. The van der Waals surface area contributed by atoms with Gasteiger partial charge in [0, 0.05) is 13.1 Å². The maximum absolute atomic E-state index is 13.8. The second kappa shape index (κ2) is 4.11. The summed E-state index contributed by atoms with van der Waals surface area (Å²) in [5.74, 6) is -0.812. The van der Waals surface area contributed by atoms with E-state index in [1.165, 1.54) is 11.0 Å². The molecular formula is C13H16FNO2. The normalized spacial score (nSPS) is 24.1. The van der Waals surface area contributed by atoms with Crippen LogP contribution < -0.4 is 0 Å². The number of hydrogen-bond acceptors (Lipinski definition) is 2. The van der Waals surface area contributed by atoms with E-state index in [9.17, 15) is 14.3 Å². The predicted octanol–water partition coefficient (Wildman–Crippen LogP) is 1.73. The number of hydrogen-bond donors (Lipinski definition) is 1. The van der Waals surface area contributed by atoms with Crippen molar-refractivity contribution in [2.45, 2.75) is 25.9 Å². The van der Waals surface area contributed by atoms with E-state index in [-0.39, 0.29) is 18.0 Å². The standard InChI is InChI=1S/C13H16FNO2/c1-9-4-3-5-10(11(9)14)12(16)15-7-6-13(2,17)8-15/h3-5,17H,6-8H2,1-2H3. The molecule has 0 aromatic heterocycles. The monoisotopic (exact) mass is 237 g/mol. The Morgan fingerprint density at radius 3 is 2.82 bits per heavy atom. The molecule has 1 fully saturated rings. The van der Waals surface area contributed by atoms with Crippen LogP contribution in [0.1, 0.15) is 29.3 Å². The lowest BCUT2D eigenvalue weighted by Crippen LogP contribution is -2.34.